The summed E-state index contributed by atoms with van der Waals surface area (Å²) in [5, 5.41) is 8.02. The van der Waals surface area contributed by atoms with Crippen LogP contribution in [0.25, 0.3) is 0 Å². The lowest BCUT2D eigenvalue weighted by molar-refractivity contribution is 0.0427. The summed E-state index contributed by atoms with van der Waals surface area (Å²) in [4.78, 5) is 0. The van der Waals surface area contributed by atoms with Gasteiger partial charge in [0, 0.05) is 0 Å². The van der Waals surface area contributed by atoms with Crippen LogP contribution in [0, 0.1) is 0 Å². The van der Waals surface area contributed by atoms with Gasteiger partial charge in [-0.15, -0.1) is 5.10 Å². The molecule has 1 aromatic rings. The van der Waals surface area contributed by atoms with Gasteiger partial charge in [-0.1, -0.05) is 19.1 Å². The molecule has 0 aromatic carbocycles. The van der Waals surface area contributed by atoms with E-state index >= 15 is 0 Å². The number of hydrogen-bond acceptors (Lipinski definition) is 4. The van der Waals surface area contributed by atoms with Crippen molar-refractivity contribution in [1.82, 2.24) is 15.0 Å². The largest absolute Gasteiger partial charge is 0.381 e. The molecule has 0 spiro atoms. The highest BCUT2D eigenvalue weighted by molar-refractivity contribution is 5.35. The standard InChI is InChI=1S/C11H20N4O/c1-7(2)10-11(12)13-14-15(10)6-9-5-4-8(3)16-9/h7-9H,4-6,12H2,1-3H3. The van der Waals surface area contributed by atoms with Crippen LogP contribution in [0.3, 0.4) is 0 Å². The maximum absolute atomic E-state index is 5.81. The highest BCUT2D eigenvalue weighted by atomic mass is 16.5. The summed E-state index contributed by atoms with van der Waals surface area (Å²) in [5.41, 5.74) is 6.83. The lowest BCUT2D eigenvalue weighted by Gasteiger charge is -2.14. The Morgan fingerprint density at radius 1 is 1.50 bits per heavy atom. The molecule has 2 N–H and O–H groups in total. The van der Waals surface area contributed by atoms with Crippen molar-refractivity contribution in [3.8, 4) is 0 Å². The topological polar surface area (TPSA) is 66.0 Å². The Labute approximate surface area is 96.0 Å². The van der Waals surface area contributed by atoms with Crippen molar-refractivity contribution >= 4 is 5.82 Å². The molecule has 1 saturated heterocycles. The van der Waals surface area contributed by atoms with Crippen molar-refractivity contribution < 1.29 is 4.74 Å². The average molecular weight is 224 g/mol. The minimum Gasteiger partial charge on any atom is -0.381 e. The zero-order chi connectivity index (χ0) is 11.7. The zero-order valence-corrected chi connectivity index (χ0v) is 10.2. The quantitative estimate of drug-likeness (QED) is 0.846. The maximum atomic E-state index is 5.81. The molecular weight excluding hydrogens is 204 g/mol. The fraction of sp³-hybridized carbons (Fsp3) is 0.818. The third-order valence-corrected chi connectivity index (χ3v) is 3.04. The number of nitrogen functional groups attached to an aromatic ring is 1. The second-order valence-corrected chi connectivity index (χ2v) is 4.84. The van der Waals surface area contributed by atoms with E-state index in [0.29, 0.717) is 17.8 Å². The minimum absolute atomic E-state index is 0.258. The van der Waals surface area contributed by atoms with E-state index in [1.165, 1.54) is 0 Å². The minimum atomic E-state index is 0.258. The summed E-state index contributed by atoms with van der Waals surface area (Å²) in [6, 6.07) is 0. The van der Waals surface area contributed by atoms with Crippen molar-refractivity contribution in [3.63, 3.8) is 0 Å². The fourth-order valence-electron chi connectivity index (χ4n) is 2.27. The van der Waals surface area contributed by atoms with Crippen molar-refractivity contribution in [3.05, 3.63) is 5.69 Å². The van der Waals surface area contributed by atoms with Gasteiger partial charge in [-0.3, -0.25) is 0 Å². The van der Waals surface area contributed by atoms with Crippen LogP contribution >= 0.6 is 0 Å². The molecule has 0 aliphatic carbocycles. The van der Waals surface area contributed by atoms with Gasteiger partial charge in [-0.25, -0.2) is 4.68 Å². The number of hydrogen-bond donors (Lipinski definition) is 1. The molecule has 16 heavy (non-hydrogen) atoms. The molecule has 5 heteroatoms. The molecule has 1 aromatic heterocycles. The van der Waals surface area contributed by atoms with Crippen LogP contribution in [0.4, 0.5) is 5.82 Å². The van der Waals surface area contributed by atoms with Crippen molar-refractivity contribution in [2.45, 2.75) is 58.3 Å². The molecule has 90 valence electrons. The van der Waals surface area contributed by atoms with Gasteiger partial charge in [0.25, 0.3) is 0 Å². The summed E-state index contributed by atoms with van der Waals surface area (Å²) in [7, 11) is 0. The van der Waals surface area contributed by atoms with Crippen molar-refractivity contribution in [2.24, 2.45) is 0 Å². The second kappa shape index (κ2) is 4.41. The van der Waals surface area contributed by atoms with Crippen LogP contribution in [-0.4, -0.2) is 27.2 Å². The first-order chi connectivity index (χ1) is 7.58. The summed E-state index contributed by atoms with van der Waals surface area (Å²) >= 11 is 0. The molecule has 2 heterocycles. The Morgan fingerprint density at radius 3 is 2.81 bits per heavy atom. The fourth-order valence-corrected chi connectivity index (χ4v) is 2.27. The van der Waals surface area contributed by atoms with E-state index in [-0.39, 0.29) is 6.10 Å². The molecule has 1 fully saturated rings. The van der Waals surface area contributed by atoms with Gasteiger partial charge < -0.3 is 10.5 Å². The lowest BCUT2D eigenvalue weighted by Crippen LogP contribution is -2.19. The van der Waals surface area contributed by atoms with Crippen LogP contribution in [0.1, 0.15) is 45.2 Å². The van der Waals surface area contributed by atoms with E-state index in [4.69, 9.17) is 10.5 Å². The Kier molecular flexibility index (Phi) is 3.14. The molecule has 1 aliphatic heterocycles. The van der Waals surface area contributed by atoms with Crippen molar-refractivity contribution in [1.29, 1.82) is 0 Å². The van der Waals surface area contributed by atoms with Crippen LogP contribution in [0.2, 0.25) is 0 Å². The van der Waals surface area contributed by atoms with Gasteiger partial charge in [-0.05, 0) is 25.7 Å². The van der Waals surface area contributed by atoms with E-state index in [2.05, 4.69) is 31.1 Å². The van der Waals surface area contributed by atoms with Gasteiger partial charge >= 0.3 is 0 Å². The van der Waals surface area contributed by atoms with Gasteiger partial charge in [0.1, 0.15) is 0 Å². The number of ether oxygens (including phenoxy) is 1. The third kappa shape index (κ3) is 2.19. The second-order valence-electron chi connectivity index (χ2n) is 4.84. The van der Waals surface area contributed by atoms with Crippen LogP contribution in [0.15, 0.2) is 0 Å². The van der Waals surface area contributed by atoms with E-state index in [0.717, 1.165) is 25.1 Å². The predicted octanol–water partition coefficient (Wildman–Crippen LogP) is 1.55. The Balaban J connectivity index is 2.09. The Hall–Kier alpha value is -1.10. The monoisotopic (exact) mass is 224 g/mol. The zero-order valence-electron chi connectivity index (χ0n) is 10.2. The van der Waals surface area contributed by atoms with Gasteiger partial charge in [-0.2, -0.15) is 0 Å². The first-order valence-electron chi connectivity index (χ1n) is 5.92. The number of nitrogens with two attached hydrogens (primary N) is 1. The molecule has 2 unspecified atom stereocenters. The van der Waals surface area contributed by atoms with E-state index in [1.807, 2.05) is 4.68 Å². The smallest absolute Gasteiger partial charge is 0.169 e. The Morgan fingerprint density at radius 2 is 2.25 bits per heavy atom. The normalized spacial score (nSPS) is 25.5. The predicted molar refractivity (Wildman–Crippen MR) is 62.1 cm³/mol. The maximum Gasteiger partial charge on any atom is 0.169 e. The number of anilines is 1. The van der Waals surface area contributed by atoms with Crippen molar-refractivity contribution in [2.75, 3.05) is 5.73 Å². The summed E-state index contributed by atoms with van der Waals surface area (Å²) in [6.45, 7) is 7.08. The highest BCUT2D eigenvalue weighted by Crippen LogP contribution is 2.24. The number of aromatic nitrogens is 3. The average Bonchev–Trinajstić information content (AvgIpc) is 2.74. The molecule has 2 rings (SSSR count). The highest BCUT2D eigenvalue weighted by Gasteiger charge is 2.24. The van der Waals surface area contributed by atoms with Gasteiger partial charge in [0.15, 0.2) is 5.82 Å². The van der Waals surface area contributed by atoms with E-state index < -0.39 is 0 Å². The van der Waals surface area contributed by atoms with E-state index in [1.54, 1.807) is 0 Å². The molecule has 1 aliphatic rings. The van der Waals surface area contributed by atoms with Crippen LogP contribution in [0.5, 0.6) is 0 Å². The molecule has 5 nitrogen and oxygen atoms in total. The van der Waals surface area contributed by atoms with Crippen LogP contribution < -0.4 is 5.73 Å². The summed E-state index contributed by atoms with van der Waals surface area (Å²) in [5.74, 6) is 0.884. The first-order valence-corrected chi connectivity index (χ1v) is 5.92. The number of rotatable bonds is 3. The van der Waals surface area contributed by atoms with E-state index in [9.17, 15) is 0 Å². The molecule has 2 atom stereocenters. The molecule has 0 amide bonds. The lowest BCUT2D eigenvalue weighted by atomic mass is 10.1. The molecule has 0 radical (unpaired) electrons. The number of nitrogens with zero attached hydrogens (tertiary/aromatic N) is 3. The third-order valence-electron chi connectivity index (χ3n) is 3.04. The molecule has 0 saturated carbocycles. The van der Waals surface area contributed by atoms with Gasteiger partial charge in [0.2, 0.25) is 0 Å². The summed E-state index contributed by atoms with van der Waals surface area (Å²) in [6.07, 6.45) is 2.85. The summed E-state index contributed by atoms with van der Waals surface area (Å²) < 4.78 is 7.67. The SMILES string of the molecule is CC1CCC(Cn2nnc(N)c2C(C)C)O1. The Bertz CT molecular complexity index is 361. The molecule has 0 bridgehead atoms. The first kappa shape index (κ1) is 11.4. The molecular formula is C11H20N4O. The van der Waals surface area contributed by atoms with Crippen LogP contribution in [-0.2, 0) is 11.3 Å². The van der Waals surface area contributed by atoms with Gasteiger partial charge in [0.05, 0.1) is 24.4 Å².